The molecular weight excluding hydrogens is 486 g/mol. The molecule has 1 unspecified atom stereocenters. The van der Waals surface area contributed by atoms with Gasteiger partial charge in [-0.2, -0.15) is 0 Å². The molecule has 2 aliphatic rings. The second kappa shape index (κ2) is 20.3. The zero-order valence-corrected chi connectivity index (χ0v) is 25.4. The average molecular weight is 542 g/mol. The molecule has 0 bridgehead atoms. The lowest BCUT2D eigenvalue weighted by atomic mass is 9.84. The Hall–Kier alpha value is -2.65. The Bertz CT molecular complexity index is 724. The monoisotopic (exact) mass is 541 g/mol. The molecule has 5 N–H and O–H groups in total. The van der Waals surface area contributed by atoms with Crippen molar-refractivity contribution >= 4 is 29.5 Å². The first-order chi connectivity index (χ1) is 17.6. The van der Waals surface area contributed by atoms with Gasteiger partial charge in [-0.15, -0.1) is 0 Å². The normalized spacial score (nSPS) is 16.3. The number of nitrogens with one attached hydrogen (secondary N) is 3. The van der Waals surface area contributed by atoms with Crippen molar-refractivity contribution in [3.05, 3.63) is 0 Å². The Morgan fingerprint density at radius 1 is 0.895 bits per heavy atom. The van der Waals surface area contributed by atoms with Gasteiger partial charge < -0.3 is 26.6 Å². The zero-order chi connectivity index (χ0) is 29.9. The third-order valence-corrected chi connectivity index (χ3v) is 5.26. The standard InChI is InChI=1S/C15H25N5O5.C6H12.C4H10.C3H8/c1-15(2,3)19-14(25)18-8-11(22)20-6-4-5-9(20)13(24)17-7-10(21)12(16)23;1-2-6-4-3-5-6;1-4(2)3;1-3-2/h9H,4-8H2,1-3H3,(H2,16,23)(H,17,24)(H2,18,19,25);6H,2-5H2,1H3;4H,1-3H3;3H2,1-2H3. The molecule has 1 aliphatic carbocycles. The molecular formula is C28H55N5O5. The van der Waals surface area contributed by atoms with Gasteiger partial charge in [-0.05, 0) is 45.4 Å². The molecule has 1 atom stereocenters. The summed E-state index contributed by atoms with van der Waals surface area (Å²) in [5, 5.41) is 7.42. The summed E-state index contributed by atoms with van der Waals surface area (Å²) in [6, 6.07) is -1.21. The SMILES string of the molecule is CC(C)(C)NC(=O)NCC(=O)N1CCCC1C(=O)NCC(=O)C(N)=O.CC(C)C.CCC.CCC1CCC1. The Kier molecular flexibility index (Phi) is 20.1. The van der Waals surface area contributed by atoms with Crippen LogP contribution >= 0.6 is 0 Å². The first-order valence-corrected chi connectivity index (χ1v) is 14.0. The number of hydrogen-bond donors (Lipinski definition) is 4. The van der Waals surface area contributed by atoms with Crippen LogP contribution in [0, 0.1) is 11.8 Å². The number of nitrogens with two attached hydrogens (primary N) is 1. The summed E-state index contributed by atoms with van der Waals surface area (Å²) in [4.78, 5) is 59.2. The smallest absolute Gasteiger partial charge is 0.315 e. The Labute approximate surface area is 230 Å². The lowest BCUT2D eigenvalue weighted by Crippen LogP contribution is -2.52. The second-order valence-electron chi connectivity index (χ2n) is 11.5. The highest BCUT2D eigenvalue weighted by atomic mass is 16.2. The van der Waals surface area contributed by atoms with Crippen LogP contribution in [-0.4, -0.2) is 65.7 Å². The van der Waals surface area contributed by atoms with Crippen LogP contribution in [0.4, 0.5) is 4.79 Å². The number of ketones is 1. The van der Waals surface area contributed by atoms with Crippen LogP contribution in [-0.2, 0) is 19.2 Å². The molecule has 10 nitrogen and oxygen atoms in total. The number of nitrogens with zero attached hydrogens (tertiary/aromatic N) is 1. The van der Waals surface area contributed by atoms with Crippen molar-refractivity contribution < 1.29 is 24.0 Å². The van der Waals surface area contributed by atoms with Crippen LogP contribution in [0.25, 0.3) is 0 Å². The molecule has 0 aromatic rings. The summed E-state index contributed by atoms with van der Waals surface area (Å²) in [5.74, 6) is -1.02. The van der Waals surface area contributed by atoms with Crippen molar-refractivity contribution in [1.29, 1.82) is 0 Å². The Balaban J connectivity index is 0. The molecule has 0 radical (unpaired) electrons. The molecule has 0 aromatic heterocycles. The molecule has 1 saturated heterocycles. The number of carbonyl (C=O) groups is 5. The van der Waals surface area contributed by atoms with Crippen molar-refractivity contribution in [2.75, 3.05) is 19.6 Å². The van der Waals surface area contributed by atoms with Crippen LogP contribution < -0.4 is 21.7 Å². The fourth-order valence-corrected chi connectivity index (χ4v) is 3.25. The first-order valence-electron chi connectivity index (χ1n) is 14.0. The summed E-state index contributed by atoms with van der Waals surface area (Å²) in [6.07, 6.45) is 8.25. The van der Waals surface area contributed by atoms with Crippen LogP contribution in [0.1, 0.15) is 107 Å². The minimum absolute atomic E-state index is 0.244. The van der Waals surface area contributed by atoms with Gasteiger partial charge in [0.15, 0.2) is 0 Å². The largest absolute Gasteiger partial charge is 0.363 e. The van der Waals surface area contributed by atoms with Crippen molar-refractivity contribution in [2.45, 2.75) is 119 Å². The number of primary amides is 1. The van der Waals surface area contributed by atoms with E-state index in [-0.39, 0.29) is 6.54 Å². The van der Waals surface area contributed by atoms with E-state index in [0.717, 1.165) is 11.8 Å². The zero-order valence-electron chi connectivity index (χ0n) is 25.4. The van der Waals surface area contributed by atoms with E-state index in [0.29, 0.717) is 19.4 Å². The van der Waals surface area contributed by atoms with Gasteiger partial charge >= 0.3 is 6.03 Å². The molecule has 0 spiro atoms. The van der Waals surface area contributed by atoms with Crippen LogP contribution in [0.5, 0.6) is 0 Å². The highest BCUT2D eigenvalue weighted by molar-refractivity contribution is 6.36. The van der Waals surface area contributed by atoms with E-state index in [1.165, 1.54) is 37.0 Å². The summed E-state index contributed by atoms with van der Waals surface area (Å²) in [5.41, 5.74) is 4.38. The number of Topliss-reactive ketones (excluding diaryl/α,β-unsaturated/α-hetero) is 1. The number of hydrogen-bond acceptors (Lipinski definition) is 5. The summed E-state index contributed by atoms with van der Waals surface area (Å²) in [7, 11) is 0. The molecule has 2 rings (SSSR count). The lowest BCUT2D eigenvalue weighted by molar-refractivity contribution is -0.139. The van der Waals surface area contributed by atoms with Crippen molar-refractivity contribution in [3.63, 3.8) is 0 Å². The number of urea groups is 1. The van der Waals surface area contributed by atoms with Gasteiger partial charge in [0.05, 0.1) is 13.1 Å². The van der Waals surface area contributed by atoms with Gasteiger partial charge in [0.2, 0.25) is 17.6 Å². The summed E-state index contributed by atoms with van der Waals surface area (Å²) < 4.78 is 0. The maximum atomic E-state index is 12.2. The maximum absolute atomic E-state index is 12.2. The van der Waals surface area contributed by atoms with E-state index in [2.05, 4.69) is 57.5 Å². The van der Waals surface area contributed by atoms with Gasteiger partial charge in [-0.25, -0.2) is 4.79 Å². The molecule has 2 fully saturated rings. The number of rotatable bonds is 7. The lowest BCUT2D eigenvalue weighted by Gasteiger charge is -2.25. The Morgan fingerprint density at radius 2 is 1.42 bits per heavy atom. The average Bonchev–Trinajstić information content (AvgIpc) is 3.24. The van der Waals surface area contributed by atoms with Gasteiger partial charge in [0, 0.05) is 12.1 Å². The molecule has 1 aliphatic heterocycles. The number of amides is 5. The quantitative estimate of drug-likeness (QED) is 0.364. The fraction of sp³-hybridized carbons (Fsp3) is 0.821. The fourth-order valence-electron chi connectivity index (χ4n) is 3.25. The topological polar surface area (TPSA) is 151 Å². The predicted octanol–water partition coefficient (Wildman–Crippen LogP) is 3.52. The first kappa shape index (κ1) is 37.5. The van der Waals surface area contributed by atoms with E-state index in [9.17, 15) is 24.0 Å². The molecule has 38 heavy (non-hydrogen) atoms. The van der Waals surface area contributed by atoms with Crippen molar-refractivity contribution in [1.82, 2.24) is 20.9 Å². The summed E-state index contributed by atoms with van der Waals surface area (Å²) >= 11 is 0. The van der Waals surface area contributed by atoms with Gasteiger partial charge in [-0.3, -0.25) is 19.2 Å². The molecule has 1 saturated carbocycles. The Morgan fingerprint density at radius 3 is 1.79 bits per heavy atom. The van der Waals surface area contributed by atoms with Gasteiger partial charge in [0.25, 0.3) is 5.91 Å². The van der Waals surface area contributed by atoms with Gasteiger partial charge in [-0.1, -0.05) is 73.6 Å². The minimum atomic E-state index is -1.13. The molecule has 222 valence electrons. The van der Waals surface area contributed by atoms with Crippen molar-refractivity contribution in [3.8, 4) is 0 Å². The van der Waals surface area contributed by atoms with Crippen molar-refractivity contribution in [2.24, 2.45) is 17.6 Å². The highest BCUT2D eigenvalue weighted by Gasteiger charge is 2.34. The van der Waals surface area contributed by atoms with Crippen LogP contribution in [0.15, 0.2) is 0 Å². The number of likely N-dealkylation sites (tertiary alicyclic amines) is 1. The molecule has 5 amide bonds. The van der Waals surface area contributed by atoms with E-state index < -0.39 is 47.7 Å². The minimum Gasteiger partial charge on any atom is -0.363 e. The molecule has 0 aromatic carbocycles. The predicted molar refractivity (Wildman–Crippen MR) is 152 cm³/mol. The third kappa shape index (κ3) is 19.5. The summed E-state index contributed by atoms with van der Waals surface area (Å²) in [6.45, 7) is 18.1. The third-order valence-electron chi connectivity index (χ3n) is 5.26. The van der Waals surface area contributed by atoms with Crippen LogP contribution in [0.2, 0.25) is 0 Å². The molecule has 1 heterocycles. The second-order valence-corrected chi connectivity index (χ2v) is 11.5. The van der Waals surface area contributed by atoms with Crippen LogP contribution in [0.3, 0.4) is 0 Å². The van der Waals surface area contributed by atoms with E-state index in [1.807, 2.05) is 20.8 Å². The molecule has 10 heteroatoms. The van der Waals surface area contributed by atoms with E-state index >= 15 is 0 Å². The van der Waals surface area contributed by atoms with E-state index in [4.69, 9.17) is 5.73 Å². The number of carbonyl (C=O) groups excluding carboxylic acids is 5. The maximum Gasteiger partial charge on any atom is 0.315 e. The highest BCUT2D eigenvalue weighted by Crippen LogP contribution is 2.28. The van der Waals surface area contributed by atoms with E-state index in [1.54, 1.807) is 0 Å². The van der Waals surface area contributed by atoms with Gasteiger partial charge in [0.1, 0.15) is 6.04 Å².